The standard InChI is InChI=1S/C22H24N4O2S/c1-15(2)26-21(16(3)28-20-11-9-19(27-4)10-12-20)24-25-22(26)29-14-18-8-6-5-7-17(18)13-23/h5-12,15-16H,14H2,1-4H3. The van der Waals surface area contributed by atoms with E-state index in [1.807, 2.05) is 55.5 Å². The van der Waals surface area contributed by atoms with Gasteiger partial charge in [0.05, 0.1) is 18.7 Å². The molecule has 6 nitrogen and oxygen atoms in total. The Bertz CT molecular complexity index is 993. The average Bonchev–Trinajstić information content (AvgIpc) is 3.17. The maximum absolute atomic E-state index is 9.29. The number of benzene rings is 2. The van der Waals surface area contributed by atoms with E-state index in [4.69, 9.17) is 9.47 Å². The van der Waals surface area contributed by atoms with Gasteiger partial charge in [0, 0.05) is 11.8 Å². The van der Waals surface area contributed by atoms with Crippen LogP contribution in [0.4, 0.5) is 0 Å². The molecule has 7 heteroatoms. The van der Waals surface area contributed by atoms with Crippen LogP contribution in [0.3, 0.4) is 0 Å². The van der Waals surface area contributed by atoms with Gasteiger partial charge < -0.3 is 14.0 Å². The second-order valence-corrected chi connectivity index (χ2v) is 7.74. The van der Waals surface area contributed by atoms with Crippen LogP contribution in [-0.4, -0.2) is 21.9 Å². The quantitative estimate of drug-likeness (QED) is 0.479. The molecule has 1 atom stereocenters. The SMILES string of the molecule is COc1ccc(OC(C)c2nnc(SCc3ccccc3C#N)n2C(C)C)cc1. The fourth-order valence-electron chi connectivity index (χ4n) is 2.96. The summed E-state index contributed by atoms with van der Waals surface area (Å²) in [5.74, 6) is 2.95. The molecule has 0 bridgehead atoms. The van der Waals surface area contributed by atoms with Crippen LogP contribution in [0.2, 0.25) is 0 Å². The lowest BCUT2D eigenvalue weighted by Gasteiger charge is -2.19. The van der Waals surface area contributed by atoms with E-state index in [1.165, 1.54) is 0 Å². The second kappa shape index (κ2) is 9.48. The van der Waals surface area contributed by atoms with Gasteiger partial charge in [0.1, 0.15) is 11.5 Å². The smallest absolute Gasteiger partial charge is 0.191 e. The molecule has 0 N–H and O–H groups in total. The minimum Gasteiger partial charge on any atom is -0.497 e. The van der Waals surface area contributed by atoms with Crippen molar-refractivity contribution in [2.45, 2.75) is 43.8 Å². The highest BCUT2D eigenvalue weighted by atomic mass is 32.2. The number of hydrogen-bond acceptors (Lipinski definition) is 6. The van der Waals surface area contributed by atoms with Gasteiger partial charge >= 0.3 is 0 Å². The minimum absolute atomic E-state index is 0.177. The van der Waals surface area contributed by atoms with Gasteiger partial charge in [-0.2, -0.15) is 5.26 Å². The molecule has 0 amide bonds. The number of rotatable bonds is 8. The summed E-state index contributed by atoms with van der Waals surface area (Å²) in [7, 11) is 1.64. The monoisotopic (exact) mass is 408 g/mol. The molecule has 0 saturated heterocycles. The number of ether oxygens (including phenoxy) is 2. The number of hydrogen-bond donors (Lipinski definition) is 0. The Morgan fingerprint density at radius 1 is 1.03 bits per heavy atom. The number of nitriles is 1. The fraction of sp³-hybridized carbons (Fsp3) is 0.318. The summed E-state index contributed by atoms with van der Waals surface area (Å²) in [6, 6.07) is 17.5. The number of nitrogens with zero attached hydrogens (tertiary/aromatic N) is 4. The van der Waals surface area contributed by atoms with Crippen molar-refractivity contribution < 1.29 is 9.47 Å². The van der Waals surface area contributed by atoms with Crippen LogP contribution < -0.4 is 9.47 Å². The minimum atomic E-state index is -0.265. The van der Waals surface area contributed by atoms with Gasteiger partial charge in [-0.25, -0.2) is 0 Å². The summed E-state index contributed by atoms with van der Waals surface area (Å²) in [5.41, 5.74) is 1.68. The number of aromatic nitrogens is 3. The lowest BCUT2D eigenvalue weighted by Crippen LogP contribution is -2.14. The van der Waals surface area contributed by atoms with Crippen LogP contribution in [-0.2, 0) is 5.75 Å². The zero-order valence-corrected chi connectivity index (χ0v) is 17.8. The summed E-state index contributed by atoms with van der Waals surface area (Å²) in [6.45, 7) is 6.16. The number of thioether (sulfide) groups is 1. The predicted molar refractivity (Wildman–Crippen MR) is 113 cm³/mol. The van der Waals surface area contributed by atoms with Gasteiger partial charge in [-0.15, -0.1) is 10.2 Å². The Labute approximate surface area is 175 Å². The lowest BCUT2D eigenvalue weighted by molar-refractivity contribution is 0.207. The molecule has 1 heterocycles. The zero-order valence-electron chi connectivity index (χ0n) is 17.0. The Morgan fingerprint density at radius 3 is 2.38 bits per heavy atom. The van der Waals surface area contributed by atoms with Crippen molar-refractivity contribution in [1.82, 2.24) is 14.8 Å². The maximum Gasteiger partial charge on any atom is 0.191 e. The van der Waals surface area contributed by atoms with Crippen molar-refractivity contribution in [3.63, 3.8) is 0 Å². The summed E-state index contributed by atoms with van der Waals surface area (Å²) < 4.78 is 13.4. The molecular weight excluding hydrogens is 384 g/mol. The Hall–Kier alpha value is -2.98. The molecule has 1 aromatic heterocycles. The summed E-state index contributed by atoms with van der Waals surface area (Å²) >= 11 is 1.57. The van der Waals surface area contributed by atoms with Gasteiger partial charge in [0.25, 0.3) is 0 Å². The van der Waals surface area contributed by atoms with Crippen LogP contribution in [0.1, 0.15) is 49.9 Å². The van der Waals surface area contributed by atoms with Crippen LogP contribution in [0.25, 0.3) is 0 Å². The Kier molecular flexibility index (Phi) is 6.78. The summed E-state index contributed by atoms with van der Waals surface area (Å²) in [6.07, 6.45) is -0.265. The van der Waals surface area contributed by atoms with Gasteiger partial charge in [0.15, 0.2) is 17.1 Å². The summed E-state index contributed by atoms with van der Waals surface area (Å²) in [5, 5.41) is 18.9. The highest BCUT2D eigenvalue weighted by Crippen LogP contribution is 2.30. The van der Waals surface area contributed by atoms with E-state index in [1.54, 1.807) is 18.9 Å². The molecule has 3 rings (SSSR count). The Balaban J connectivity index is 1.77. The molecule has 2 aromatic carbocycles. The third kappa shape index (κ3) is 4.90. The van der Waals surface area contributed by atoms with E-state index in [0.29, 0.717) is 11.3 Å². The highest BCUT2D eigenvalue weighted by molar-refractivity contribution is 7.98. The van der Waals surface area contributed by atoms with Gasteiger partial charge in [-0.1, -0.05) is 30.0 Å². The summed E-state index contributed by atoms with van der Waals surface area (Å²) in [4.78, 5) is 0. The highest BCUT2D eigenvalue weighted by Gasteiger charge is 2.21. The molecule has 0 spiro atoms. The van der Waals surface area contributed by atoms with E-state index in [2.05, 4.69) is 34.7 Å². The fourth-order valence-corrected chi connectivity index (χ4v) is 4.04. The van der Waals surface area contributed by atoms with Crippen molar-refractivity contribution >= 4 is 11.8 Å². The van der Waals surface area contributed by atoms with E-state index < -0.39 is 0 Å². The molecule has 3 aromatic rings. The maximum atomic E-state index is 9.29. The van der Waals surface area contributed by atoms with Crippen LogP contribution in [0.5, 0.6) is 11.5 Å². The van der Waals surface area contributed by atoms with Crippen molar-refractivity contribution in [2.24, 2.45) is 0 Å². The van der Waals surface area contributed by atoms with Gasteiger partial charge in [-0.05, 0) is 56.7 Å². The molecule has 0 fully saturated rings. The molecule has 0 aliphatic rings. The van der Waals surface area contributed by atoms with E-state index in [0.717, 1.165) is 28.0 Å². The third-order valence-corrected chi connectivity index (χ3v) is 5.43. The molecule has 0 radical (unpaired) electrons. The molecular formula is C22H24N4O2S. The molecule has 1 unspecified atom stereocenters. The first kappa shape index (κ1) is 20.7. The third-order valence-electron chi connectivity index (χ3n) is 4.44. The Morgan fingerprint density at radius 2 is 1.72 bits per heavy atom. The van der Waals surface area contributed by atoms with Crippen molar-refractivity contribution in [3.05, 3.63) is 65.5 Å². The van der Waals surface area contributed by atoms with Crippen LogP contribution >= 0.6 is 11.8 Å². The first-order valence-corrected chi connectivity index (χ1v) is 10.4. The van der Waals surface area contributed by atoms with E-state index in [9.17, 15) is 5.26 Å². The van der Waals surface area contributed by atoms with E-state index in [-0.39, 0.29) is 12.1 Å². The van der Waals surface area contributed by atoms with Crippen LogP contribution in [0.15, 0.2) is 53.7 Å². The molecule has 0 saturated carbocycles. The molecule has 0 aliphatic heterocycles. The van der Waals surface area contributed by atoms with Crippen molar-refractivity contribution in [3.8, 4) is 17.6 Å². The van der Waals surface area contributed by atoms with Crippen molar-refractivity contribution in [1.29, 1.82) is 5.26 Å². The lowest BCUT2D eigenvalue weighted by atomic mass is 10.1. The molecule has 150 valence electrons. The van der Waals surface area contributed by atoms with Crippen LogP contribution in [0, 0.1) is 11.3 Å². The second-order valence-electron chi connectivity index (χ2n) is 6.80. The normalized spacial score (nSPS) is 11.9. The molecule has 0 aliphatic carbocycles. The zero-order chi connectivity index (χ0) is 20.8. The topological polar surface area (TPSA) is 73.0 Å². The van der Waals surface area contributed by atoms with E-state index >= 15 is 0 Å². The first-order chi connectivity index (χ1) is 14.0. The first-order valence-electron chi connectivity index (χ1n) is 9.39. The average molecular weight is 409 g/mol. The predicted octanol–water partition coefficient (Wildman–Crippen LogP) is 5.17. The van der Waals surface area contributed by atoms with Gasteiger partial charge in [0.2, 0.25) is 0 Å². The van der Waals surface area contributed by atoms with Gasteiger partial charge in [-0.3, -0.25) is 0 Å². The largest absolute Gasteiger partial charge is 0.497 e. The van der Waals surface area contributed by atoms with Crippen molar-refractivity contribution in [2.75, 3.05) is 7.11 Å². The number of methoxy groups -OCH3 is 1. The molecule has 29 heavy (non-hydrogen) atoms.